The fourth-order valence-corrected chi connectivity index (χ4v) is 3.37. The van der Waals surface area contributed by atoms with E-state index in [9.17, 15) is 9.59 Å². The van der Waals surface area contributed by atoms with Crippen LogP contribution in [0.15, 0.2) is 78.2 Å². The van der Waals surface area contributed by atoms with E-state index in [2.05, 4.69) is 16.2 Å². The van der Waals surface area contributed by atoms with Gasteiger partial charge >= 0.3 is 0 Å². The van der Waals surface area contributed by atoms with Crippen molar-refractivity contribution in [1.29, 1.82) is 0 Å². The fourth-order valence-electron chi connectivity index (χ4n) is 2.52. The molecule has 0 saturated carbocycles. The molecule has 0 saturated heterocycles. The number of amides is 2. The molecule has 0 aliphatic carbocycles. The second-order valence-electron chi connectivity index (χ2n) is 6.07. The van der Waals surface area contributed by atoms with Crippen LogP contribution in [0.25, 0.3) is 17.2 Å². The van der Waals surface area contributed by atoms with Gasteiger partial charge in [0.25, 0.3) is 0 Å². The van der Waals surface area contributed by atoms with E-state index >= 15 is 0 Å². The quantitative estimate of drug-likeness (QED) is 0.334. The van der Waals surface area contributed by atoms with Crippen molar-refractivity contribution in [3.05, 3.63) is 88.6 Å². The summed E-state index contributed by atoms with van der Waals surface area (Å²) in [6, 6.07) is 21.7. The molecule has 0 radical (unpaired) electrons. The predicted octanol–water partition coefficient (Wildman–Crippen LogP) is 3.69. The standard InChI is InChI=1S/C22H19N3O2S2/c26-20(23-22(28)25-24-21(27)15-19-7-4-14-29-19)13-10-16-8-11-18(12-9-16)17-5-2-1-3-6-17/h1-14H,15H2,(H,24,27)(H2,23,25,26,28)/b13-10+. The van der Waals surface area contributed by atoms with E-state index in [1.54, 1.807) is 6.08 Å². The lowest BCUT2D eigenvalue weighted by molar-refractivity contribution is -0.121. The highest BCUT2D eigenvalue weighted by Crippen LogP contribution is 2.19. The number of benzene rings is 2. The number of rotatable bonds is 5. The molecule has 2 aromatic carbocycles. The number of hydrogen-bond acceptors (Lipinski definition) is 4. The van der Waals surface area contributed by atoms with E-state index in [1.165, 1.54) is 17.4 Å². The maximum atomic E-state index is 12.0. The molecular formula is C22H19N3O2S2. The van der Waals surface area contributed by atoms with Crippen LogP contribution < -0.4 is 16.2 Å². The Labute approximate surface area is 178 Å². The van der Waals surface area contributed by atoms with Gasteiger partial charge in [-0.1, -0.05) is 60.7 Å². The van der Waals surface area contributed by atoms with E-state index in [0.717, 1.165) is 21.6 Å². The second-order valence-corrected chi connectivity index (χ2v) is 7.51. The molecule has 3 rings (SSSR count). The van der Waals surface area contributed by atoms with Gasteiger partial charge in [0.15, 0.2) is 5.11 Å². The molecule has 146 valence electrons. The smallest absolute Gasteiger partial charge is 0.250 e. The zero-order chi connectivity index (χ0) is 20.5. The molecule has 5 nitrogen and oxygen atoms in total. The van der Waals surface area contributed by atoms with Crippen molar-refractivity contribution < 1.29 is 9.59 Å². The number of thiophene rings is 1. The summed E-state index contributed by atoms with van der Waals surface area (Å²) in [5.41, 5.74) is 8.12. The summed E-state index contributed by atoms with van der Waals surface area (Å²) in [4.78, 5) is 24.7. The Bertz CT molecular complexity index is 998. The number of carbonyl (C=O) groups is 2. The number of nitrogens with one attached hydrogen (secondary N) is 3. The van der Waals surface area contributed by atoms with Crippen LogP contribution in [0.5, 0.6) is 0 Å². The van der Waals surface area contributed by atoms with Crippen LogP contribution in [0.1, 0.15) is 10.4 Å². The number of thiocarbonyl (C=S) groups is 1. The molecule has 1 aromatic heterocycles. The zero-order valence-electron chi connectivity index (χ0n) is 15.4. The average Bonchev–Trinajstić information content (AvgIpc) is 3.25. The van der Waals surface area contributed by atoms with Gasteiger partial charge in [0.1, 0.15) is 0 Å². The minimum absolute atomic E-state index is 0.0265. The highest BCUT2D eigenvalue weighted by molar-refractivity contribution is 7.80. The first kappa shape index (κ1) is 20.4. The van der Waals surface area contributed by atoms with Crippen LogP contribution in [0.4, 0.5) is 0 Å². The van der Waals surface area contributed by atoms with Crippen molar-refractivity contribution in [3.8, 4) is 11.1 Å². The van der Waals surface area contributed by atoms with Crippen molar-refractivity contribution in [3.63, 3.8) is 0 Å². The summed E-state index contributed by atoms with van der Waals surface area (Å²) in [5, 5.41) is 4.42. The second kappa shape index (κ2) is 10.3. The Balaban J connectivity index is 1.44. The predicted molar refractivity (Wildman–Crippen MR) is 121 cm³/mol. The lowest BCUT2D eigenvalue weighted by Gasteiger charge is -2.09. The third kappa shape index (κ3) is 6.67. The maximum absolute atomic E-state index is 12.0. The molecule has 0 fully saturated rings. The first-order valence-corrected chi connectivity index (χ1v) is 10.1. The van der Waals surface area contributed by atoms with Crippen LogP contribution in [0.3, 0.4) is 0 Å². The largest absolute Gasteiger partial charge is 0.298 e. The van der Waals surface area contributed by atoms with Gasteiger partial charge in [-0.05, 0) is 46.4 Å². The van der Waals surface area contributed by atoms with Crippen molar-refractivity contribution in [2.75, 3.05) is 0 Å². The van der Waals surface area contributed by atoms with E-state index in [-0.39, 0.29) is 23.3 Å². The molecule has 0 spiro atoms. The highest BCUT2D eigenvalue weighted by atomic mass is 32.1. The summed E-state index contributed by atoms with van der Waals surface area (Å²) in [6.45, 7) is 0. The molecule has 3 N–H and O–H groups in total. The lowest BCUT2D eigenvalue weighted by Crippen LogP contribution is -2.48. The minimum atomic E-state index is -0.387. The summed E-state index contributed by atoms with van der Waals surface area (Å²) in [6.07, 6.45) is 3.33. The van der Waals surface area contributed by atoms with Gasteiger partial charge in [0, 0.05) is 11.0 Å². The molecule has 29 heavy (non-hydrogen) atoms. The summed E-state index contributed by atoms with van der Waals surface area (Å²) < 4.78 is 0. The molecule has 0 aliphatic rings. The van der Waals surface area contributed by atoms with Crippen LogP contribution in [0, 0.1) is 0 Å². The van der Waals surface area contributed by atoms with Gasteiger partial charge in [-0.25, -0.2) is 0 Å². The molecule has 0 bridgehead atoms. The molecule has 7 heteroatoms. The highest BCUT2D eigenvalue weighted by Gasteiger charge is 2.06. The van der Waals surface area contributed by atoms with Crippen LogP contribution in [-0.2, 0) is 16.0 Å². The summed E-state index contributed by atoms with van der Waals surface area (Å²) >= 11 is 6.51. The summed E-state index contributed by atoms with van der Waals surface area (Å²) in [7, 11) is 0. The van der Waals surface area contributed by atoms with Crippen LogP contribution in [-0.4, -0.2) is 16.9 Å². The van der Waals surface area contributed by atoms with Gasteiger partial charge in [0.2, 0.25) is 11.8 Å². The SMILES string of the molecule is O=C(/C=C/c1ccc(-c2ccccc2)cc1)NC(=S)NNC(=O)Cc1cccs1. The Hall–Kier alpha value is -3.29. The lowest BCUT2D eigenvalue weighted by atomic mass is 10.0. The monoisotopic (exact) mass is 421 g/mol. The van der Waals surface area contributed by atoms with E-state index in [4.69, 9.17) is 12.2 Å². The molecule has 3 aromatic rings. The first-order chi connectivity index (χ1) is 14.1. The molecule has 0 atom stereocenters. The van der Waals surface area contributed by atoms with Gasteiger partial charge in [-0.2, -0.15) is 0 Å². The Kier molecular flexibility index (Phi) is 7.27. The van der Waals surface area contributed by atoms with Crippen molar-refractivity contribution >= 4 is 46.6 Å². The van der Waals surface area contributed by atoms with Gasteiger partial charge in [0.05, 0.1) is 6.42 Å². The van der Waals surface area contributed by atoms with Crippen molar-refractivity contribution in [1.82, 2.24) is 16.2 Å². The third-order valence-corrected chi connectivity index (χ3v) is 4.99. The molecule has 2 amide bonds. The van der Waals surface area contributed by atoms with Crippen LogP contribution >= 0.6 is 23.6 Å². The van der Waals surface area contributed by atoms with Gasteiger partial charge < -0.3 is 0 Å². The fraction of sp³-hybridized carbons (Fsp3) is 0.0455. The van der Waals surface area contributed by atoms with Gasteiger partial charge in [-0.15, -0.1) is 11.3 Å². The number of hydrazine groups is 1. The summed E-state index contributed by atoms with van der Waals surface area (Å²) in [5.74, 6) is -0.625. The first-order valence-electron chi connectivity index (χ1n) is 8.86. The number of carbonyl (C=O) groups excluding carboxylic acids is 2. The van der Waals surface area contributed by atoms with E-state index in [1.807, 2.05) is 72.1 Å². The van der Waals surface area contributed by atoms with Crippen molar-refractivity contribution in [2.24, 2.45) is 0 Å². The Morgan fingerprint density at radius 2 is 1.62 bits per heavy atom. The third-order valence-electron chi connectivity index (χ3n) is 3.91. The number of hydrogen-bond donors (Lipinski definition) is 3. The van der Waals surface area contributed by atoms with E-state index in [0.29, 0.717) is 0 Å². The minimum Gasteiger partial charge on any atom is -0.298 e. The molecular weight excluding hydrogens is 402 g/mol. The normalized spacial score (nSPS) is 10.5. The Morgan fingerprint density at radius 1 is 0.897 bits per heavy atom. The van der Waals surface area contributed by atoms with E-state index < -0.39 is 0 Å². The van der Waals surface area contributed by atoms with Crippen LogP contribution in [0.2, 0.25) is 0 Å². The zero-order valence-corrected chi connectivity index (χ0v) is 17.1. The molecule has 0 aliphatic heterocycles. The average molecular weight is 422 g/mol. The molecule has 1 heterocycles. The van der Waals surface area contributed by atoms with Gasteiger partial charge in [-0.3, -0.25) is 25.8 Å². The molecule has 0 unspecified atom stereocenters. The van der Waals surface area contributed by atoms with Crippen molar-refractivity contribution in [2.45, 2.75) is 6.42 Å². The Morgan fingerprint density at radius 3 is 2.31 bits per heavy atom. The maximum Gasteiger partial charge on any atom is 0.250 e. The topological polar surface area (TPSA) is 70.2 Å².